The Hall–Kier alpha value is -0.610. The Morgan fingerprint density at radius 1 is 1.53 bits per heavy atom. The second-order valence-corrected chi connectivity index (χ2v) is 5.09. The summed E-state index contributed by atoms with van der Waals surface area (Å²) in [6.07, 6.45) is 3.17. The molecule has 0 spiro atoms. The predicted octanol–water partition coefficient (Wildman–Crippen LogP) is 1.47. The average Bonchev–Trinajstić information content (AvgIpc) is 2.77. The molecule has 3 unspecified atom stereocenters. The van der Waals surface area contributed by atoms with Gasteiger partial charge in [-0.2, -0.15) is 0 Å². The van der Waals surface area contributed by atoms with Gasteiger partial charge in [0, 0.05) is 18.8 Å². The van der Waals surface area contributed by atoms with Crippen LogP contribution < -0.4 is 5.32 Å². The van der Waals surface area contributed by atoms with Crippen molar-refractivity contribution in [1.29, 1.82) is 0 Å². The van der Waals surface area contributed by atoms with E-state index in [-0.39, 0.29) is 30.1 Å². The molecule has 4 nitrogen and oxygen atoms in total. The second kappa shape index (κ2) is 6.36. The number of hydrogen-bond acceptors (Lipinski definition) is 3. The van der Waals surface area contributed by atoms with Crippen LogP contribution in [0.2, 0.25) is 0 Å². The van der Waals surface area contributed by atoms with Gasteiger partial charge in [0.05, 0.1) is 12.0 Å². The van der Waals surface area contributed by atoms with Gasteiger partial charge in [-0.25, -0.2) is 0 Å². The molecular weight excluding hydrogens is 218 g/mol. The Morgan fingerprint density at radius 2 is 2.24 bits per heavy atom. The van der Waals surface area contributed by atoms with Crippen molar-refractivity contribution in [3.63, 3.8) is 0 Å². The van der Waals surface area contributed by atoms with Gasteiger partial charge in [-0.1, -0.05) is 13.8 Å². The third kappa shape index (κ3) is 3.68. The summed E-state index contributed by atoms with van der Waals surface area (Å²) in [4.78, 5) is 12.2. The van der Waals surface area contributed by atoms with Crippen molar-refractivity contribution in [2.75, 3.05) is 13.2 Å². The third-order valence-corrected chi connectivity index (χ3v) is 3.82. The standard InChI is InChI=1S/C13H25NO3/c1-4-11-10(6-9-17-11)12(16)14-13(3,5-2)7-8-15/h10-11,15H,4-9H2,1-3H3,(H,14,16). The smallest absolute Gasteiger partial charge is 0.226 e. The molecule has 2 N–H and O–H groups in total. The van der Waals surface area contributed by atoms with Crippen LogP contribution in [0.1, 0.15) is 46.5 Å². The lowest BCUT2D eigenvalue weighted by molar-refractivity contribution is -0.128. The van der Waals surface area contributed by atoms with Gasteiger partial charge in [-0.05, 0) is 32.6 Å². The molecule has 1 aliphatic rings. The minimum absolute atomic E-state index is 0.0235. The van der Waals surface area contributed by atoms with Crippen LogP contribution in [-0.4, -0.2) is 35.9 Å². The number of carbonyl (C=O) groups is 1. The number of hydrogen-bond donors (Lipinski definition) is 2. The zero-order valence-electron chi connectivity index (χ0n) is 11.2. The van der Waals surface area contributed by atoms with Crippen molar-refractivity contribution >= 4 is 5.91 Å². The fourth-order valence-electron chi connectivity index (χ4n) is 2.32. The minimum atomic E-state index is -0.299. The topological polar surface area (TPSA) is 58.6 Å². The molecule has 0 saturated carbocycles. The molecule has 3 atom stereocenters. The highest BCUT2D eigenvalue weighted by Crippen LogP contribution is 2.25. The van der Waals surface area contributed by atoms with E-state index in [1.165, 1.54) is 0 Å². The van der Waals surface area contributed by atoms with E-state index >= 15 is 0 Å². The maximum absolute atomic E-state index is 12.2. The van der Waals surface area contributed by atoms with Crippen molar-refractivity contribution in [2.45, 2.75) is 58.1 Å². The molecule has 1 amide bonds. The normalized spacial score (nSPS) is 27.8. The first-order valence-electron chi connectivity index (χ1n) is 6.60. The van der Waals surface area contributed by atoms with Crippen molar-refractivity contribution in [2.24, 2.45) is 5.92 Å². The highest BCUT2D eigenvalue weighted by molar-refractivity contribution is 5.80. The fourth-order valence-corrected chi connectivity index (χ4v) is 2.32. The lowest BCUT2D eigenvalue weighted by Gasteiger charge is -2.31. The number of rotatable bonds is 6. The molecule has 0 aromatic carbocycles. The average molecular weight is 243 g/mol. The van der Waals surface area contributed by atoms with Crippen LogP contribution in [0.3, 0.4) is 0 Å². The van der Waals surface area contributed by atoms with E-state index in [9.17, 15) is 4.79 Å². The quantitative estimate of drug-likeness (QED) is 0.742. The van der Waals surface area contributed by atoms with Gasteiger partial charge in [0.15, 0.2) is 0 Å². The number of aliphatic hydroxyl groups excluding tert-OH is 1. The molecule has 0 bridgehead atoms. The molecule has 0 aliphatic carbocycles. The fraction of sp³-hybridized carbons (Fsp3) is 0.923. The predicted molar refractivity (Wildman–Crippen MR) is 66.7 cm³/mol. The van der Waals surface area contributed by atoms with Crippen LogP contribution in [0.15, 0.2) is 0 Å². The molecule has 4 heteroatoms. The van der Waals surface area contributed by atoms with Gasteiger partial charge in [-0.15, -0.1) is 0 Å². The van der Waals surface area contributed by atoms with Gasteiger partial charge in [0.1, 0.15) is 0 Å². The lowest BCUT2D eigenvalue weighted by Crippen LogP contribution is -2.49. The number of nitrogens with one attached hydrogen (secondary N) is 1. The maximum atomic E-state index is 12.2. The summed E-state index contributed by atoms with van der Waals surface area (Å²) in [5, 5.41) is 12.1. The van der Waals surface area contributed by atoms with E-state index in [0.717, 1.165) is 19.3 Å². The van der Waals surface area contributed by atoms with E-state index in [2.05, 4.69) is 5.32 Å². The molecule has 1 aliphatic heterocycles. The first-order chi connectivity index (χ1) is 8.06. The molecule has 0 aromatic rings. The summed E-state index contributed by atoms with van der Waals surface area (Å²) in [7, 11) is 0. The molecule has 1 saturated heterocycles. The van der Waals surface area contributed by atoms with Gasteiger partial charge in [0.2, 0.25) is 5.91 Å². The van der Waals surface area contributed by atoms with Crippen molar-refractivity contribution in [3.05, 3.63) is 0 Å². The highest BCUT2D eigenvalue weighted by atomic mass is 16.5. The van der Waals surface area contributed by atoms with Crippen LogP contribution in [-0.2, 0) is 9.53 Å². The number of carbonyl (C=O) groups excluding carboxylic acids is 1. The van der Waals surface area contributed by atoms with Crippen LogP contribution in [0.5, 0.6) is 0 Å². The summed E-state index contributed by atoms with van der Waals surface area (Å²) in [6, 6.07) is 0. The SMILES string of the molecule is CCC1OCCC1C(=O)NC(C)(CC)CCO. The summed E-state index contributed by atoms with van der Waals surface area (Å²) < 4.78 is 5.53. The molecule has 1 fully saturated rings. The lowest BCUT2D eigenvalue weighted by atomic mass is 9.92. The van der Waals surface area contributed by atoms with Crippen molar-refractivity contribution in [3.8, 4) is 0 Å². The van der Waals surface area contributed by atoms with Crippen LogP contribution in [0, 0.1) is 5.92 Å². The van der Waals surface area contributed by atoms with E-state index < -0.39 is 0 Å². The molecule has 1 heterocycles. The zero-order chi connectivity index (χ0) is 12.9. The van der Waals surface area contributed by atoms with E-state index in [0.29, 0.717) is 13.0 Å². The molecule has 17 heavy (non-hydrogen) atoms. The van der Waals surface area contributed by atoms with Gasteiger partial charge < -0.3 is 15.2 Å². The largest absolute Gasteiger partial charge is 0.396 e. The Labute approximate surface area is 104 Å². The summed E-state index contributed by atoms with van der Waals surface area (Å²) in [6.45, 7) is 6.84. The molecule has 0 aromatic heterocycles. The monoisotopic (exact) mass is 243 g/mol. The molecular formula is C13H25NO3. The summed E-state index contributed by atoms with van der Waals surface area (Å²) in [5.41, 5.74) is -0.299. The van der Waals surface area contributed by atoms with Gasteiger partial charge >= 0.3 is 0 Å². The van der Waals surface area contributed by atoms with E-state index in [1.807, 2.05) is 20.8 Å². The Balaban J connectivity index is 2.58. The highest BCUT2D eigenvalue weighted by Gasteiger charge is 2.35. The summed E-state index contributed by atoms with van der Waals surface area (Å²) >= 11 is 0. The Kier molecular flexibility index (Phi) is 5.40. The van der Waals surface area contributed by atoms with Crippen molar-refractivity contribution < 1.29 is 14.6 Å². The van der Waals surface area contributed by atoms with Crippen molar-refractivity contribution in [1.82, 2.24) is 5.32 Å². The minimum Gasteiger partial charge on any atom is -0.396 e. The zero-order valence-corrected chi connectivity index (χ0v) is 11.2. The van der Waals surface area contributed by atoms with E-state index in [1.54, 1.807) is 0 Å². The first kappa shape index (κ1) is 14.5. The number of aliphatic hydroxyl groups is 1. The van der Waals surface area contributed by atoms with Gasteiger partial charge in [0.25, 0.3) is 0 Å². The summed E-state index contributed by atoms with van der Waals surface area (Å²) in [5.74, 6) is 0.0525. The Bertz CT molecular complexity index is 257. The maximum Gasteiger partial charge on any atom is 0.226 e. The molecule has 1 rings (SSSR count). The third-order valence-electron chi connectivity index (χ3n) is 3.82. The van der Waals surface area contributed by atoms with Crippen LogP contribution in [0.25, 0.3) is 0 Å². The van der Waals surface area contributed by atoms with Crippen LogP contribution >= 0.6 is 0 Å². The van der Waals surface area contributed by atoms with Gasteiger partial charge in [-0.3, -0.25) is 4.79 Å². The first-order valence-corrected chi connectivity index (χ1v) is 6.60. The molecule has 0 radical (unpaired) electrons. The van der Waals surface area contributed by atoms with Crippen LogP contribution in [0.4, 0.5) is 0 Å². The number of ether oxygens (including phenoxy) is 1. The Morgan fingerprint density at radius 3 is 2.76 bits per heavy atom. The molecule has 100 valence electrons. The number of amides is 1. The van der Waals surface area contributed by atoms with E-state index in [4.69, 9.17) is 9.84 Å². The second-order valence-electron chi connectivity index (χ2n) is 5.09.